The van der Waals surface area contributed by atoms with Gasteiger partial charge in [0.25, 0.3) is 0 Å². The lowest BCUT2D eigenvalue weighted by Gasteiger charge is -2.26. The SMILES string of the molecule is CC(C)NCCC(=O)N1CCCCC1. The van der Waals surface area contributed by atoms with Crippen LogP contribution in [0.5, 0.6) is 0 Å². The predicted octanol–water partition coefficient (Wildman–Crippen LogP) is 1.39. The van der Waals surface area contributed by atoms with E-state index in [2.05, 4.69) is 19.2 Å². The van der Waals surface area contributed by atoms with E-state index >= 15 is 0 Å². The van der Waals surface area contributed by atoms with E-state index < -0.39 is 0 Å². The van der Waals surface area contributed by atoms with Gasteiger partial charge in [-0.1, -0.05) is 13.8 Å². The first-order valence-electron chi connectivity index (χ1n) is 5.71. The molecule has 0 atom stereocenters. The van der Waals surface area contributed by atoms with Gasteiger partial charge in [-0.3, -0.25) is 4.79 Å². The second-order valence-electron chi connectivity index (χ2n) is 4.30. The lowest BCUT2D eigenvalue weighted by atomic mass is 10.1. The van der Waals surface area contributed by atoms with Crippen molar-refractivity contribution < 1.29 is 4.79 Å². The van der Waals surface area contributed by atoms with Gasteiger partial charge in [-0.05, 0) is 19.3 Å². The lowest BCUT2D eigenvalue weighted by molar-refractivity contribution is -0.131. The summed E-state index contributed by atoms with van der Waals surface area (Å²) >= 11 is 0. The molecule has 0 spiro atoms. The summed E-state index contributed by atoms with van der Waals surface area (Å²) in [7, 11) is 0. The van der Waals surface area contributed by atoms with E-state index in [9.17, 15) is 4.79 Å². The summed E-state index contributed by atoms with van der Waals surface area (Å²) in [5.41, 5.74) is 0. The van der Waals surface area contributed by atoms with Gasteiger partial charge in [0, 0.05) is 32.1 Å². The number of nitrogens with one attached hydrogen (secondary N) is 1. The van der Waals surface area contributed by atoms with Crippen LogP contribution >= 0.6 is 0 Å². The zero-order valence-corrected chi connectivity index (χ0v) is 9.38. The monoisotopic (exact) mass is 198 g/mol. The molecule has 0 saturated carbocycles. The molecule has 3 nitrogen and oxygen atoms in total. The summed E-state index contributed by atoms with van der Waals surface area (Å²) in [6.45, 7) is 6.96. The Balaban J connectivity index is 2.13. The van der Waals surface area contributed by atoms with Crippen molar-refractivity contribution in [2.24, 2.45) is 0 Å². The lowest BCUT2D eigenvalue weighted by Crippen LogP contribution is -2.37. The number of carbonyl (C=O) groups is 1. The molecule has 82 valence electrons. The van der Waals surface area contributed by atoms with Gasteiger partial charge in [-0.2, -0.15) is 0 Å². The van der Waals surface area contributed by atoms with Gasteiger partial charge in [0.1, 0.15) is 0 Å². The zero-order chi connectivity index (χ0) is 10.4. The van der Waals surface area contributed by atoms with Crippen molar-refractivity contribution in [3.8, 4) is 0 Å². The minimum atomic E-state index is 0.317. The maximum atomic E-state index is 11.7. The first-order chi connectivity index (χ1) is 6.70. The Kier molecular flexibility index (Phi) is 4.94. The summed E-state index contributed by atoms with van der Waals surface area (Å²) in [6.07, 6.45) is 4.30. The molecule has 1 saturated heterocycles. The third-order valence-corrected chi connectivity index (χ3v) is 2.60. The smallest absolute Gasteiger partial charge is 0.223 e. The summed E-state index contributed by atoms with van der Waals surface area (Å²) in [6, 6.07) is 0.476. The average molecular weight is 198 g/mol. The molecule has 1 N–H and O–H groups in total. The third-order valence-electron chi connectivity index (χ3n) is 2.60. The van der Waals surface area contributed by atoms with Crippen LogP contribution in [-0.4, -0.2) is 36.5 Å². The van der Waals surface area contributed by atoms with Gasteiger partial charge >= 0.3 is 0 Å². The van der Waals surface area contributed by atoms with E-state index in [0.717, 1.165) is 19.6 Å². The van der Waals surface area contributed by atoms with Crippen LogP contribution < -0.4 is 5.32 Å². The summed E-state index contributed by atoms with van der Waals surface area (Å²) in [4.78, 5) is 13.7. The molecule has 1 fully saturated rings. The molecule has 1 amide bonds. The van der Waals surface area contributed by atoms with Crippen molar-refractivity contribution in [2.45, 2.75) is 45.6 Å². The maximum absolute atomic E-state index is 11.7. The molecule has 14 heavy (non-hydrogen) atoms. The molecule has 1 aliphatic heterocycles. The van der Waals surface area contributed by atoms with Gasteiger partial charge in [0.15, 0.2) is 0 Å². The second-order valence-corrected chi connectivity index (χ2v) is 4.30. The number of rotatable bonds is 4. The number of piperidine rings is 1. The highest BCUT2D eigenvalue weighted by atomic mass is 16.2. The molecular weight excluding hydrogens is 176 g/mol. The number of likely N-dealkylation sites (tertiary alicyclic amines) is 1. The molecule has 1 heterocycles. The van der Waals surface area contributed by atoms with Gasteiger partial charge in [-0.15, -0.1) is 0 Å². The van der Waals surface area contributed by atoms with Crippen LogP contribution in [0.4, 0.5) is 0 Å². The van der Waals surface area contributed by atoms with E-state index in [0.29, 0.717) is 18.4 Å². The van der Waals surface area contributed by atoms with Gasteiger partial charge in [0.2, 0.25) is 5.91 Å². The Morgan fingerprint density at radius 1 is 1.29 bits per heavy atom. The van der Waals surface area contributed by atoms with Crippen molar-refractivity contribution in [3.63, 3.8) is 0 Å². The molecule has 3 heteroatoms. The molecule has 0 aromatic heterocycles. The normalized spacial score (nSPS) is 17.5. The second kappa shape index (κ2) is 6.02. The van der Waals surface area contributed by atoms with E-state index in [1.165, 1.54) is 19.3 Å². The number of hydrogen-bond acceptors (Lipinski definition) is 2. The fourth-order valence-electron chi connectivity index (χ4n) is 1.77. The van der Waals surface area contributed by atoms with E-state index in [1.54, 1.807) is 0 Å². The van der Waals surface area contributed by atoms with Crippen LogP contribution in [0.2, 0.25) is 0 Å². The Morgan fingerprint density at radius 2 is 1.93 bits per heavy atom. The third kappa shape index (κ3) is 4.09. The van der Waals surface area contributed by atoms with E-state index in [4.69, 9.17) is 0 Å². The highest BCUT2D eigenvalue weighted by Gasteiger charge is 2.15. The molecule has 0 unspecified atom stereocenters. The summed E-state index contributed by atoms with van der Waals surface area (Å²) < 4.78 is 0. The fourth-order valence-corrected chi connectivity index (χ4v) is 1.77. The topological polar surface area (TPSA) is 32.3 Å². The van der Waals surface area contributed by atoms with Crippen molar-refractivity contribution in [2.75, 3.05) is 19.6 Å². The van der Waals surface area contributed by atoms with Crippen molar-refractivity contribution in [1.29, 1.82) is 0 Å². The largest absolute Gasteiger partial charge is 0.343 e. The van der Waals surface area contributed by atoms with Gasteiger partial charge in [0.05, 0.1) is 0 Å². The Labute approximate surface area is 86.9 Å². The van der Waals surface area contributed by atoms with Crippen molar-refractivity contribution in [1.82, 2.24) is 10.2 Å². The highest BCUT2D eigenvalue weighted by Crippen LogP contribution is 2.09. The quantitative estimate of drug-likeness (QED) is 0.740. The number of nitrogens with zero attached hydrogens (tertiary/aromatic N) is 1. The molecule has 1 aliphatic rings. The van der Waals surface area contributed by atoms with Crippen LogP contribution in [0.1, 0.15) is 39.5 Å². The zero-order valence-electron chi connectivity index (χ0n) is 9.38. The van der Waals surface area contributed by atoms with E-state index in [-0.39, 0.29) is 0 Å². The molecule has 0 aliphatic carbocycles. The molecule has 0 bridgehead atoms. The van der Waals surface area contributed by atoms with Crippen LogP contribution in [0, 0.1) is 0 Å². The van der Waals surface area contributed by atoms with Crippen LogP contribution in [0.3, 0.4) is 0 Å². The first kappa shape index (κ1) is 11.5. The predicted molar refractivity (Wildman–Crippen MR) is 58.2 cm³/mol. The van der Waals surface area contributed by atoms with E-state index in [1.807, 2.05) is 4.90 Å². The van der Waals surface area contributed by atoms with Gasteiger partial charge in [-0.25, -0.2) is 0 Å². The number of hydrogen-bond donors (Lipinski definition) is 1. The Hall–Kier alpha value is -0.570. The van der Waals surface area contributed by atoms with Crippen LogP contribution in [-0.2, 0) is 4.79 Å². The maximum Gasteiger partial charge on any atom is 0.223 e. The van der Waals surface area contributed by atoms with Crippen LogP contribution in [0.25, 0.3) is 0 Å². The number of amides is 1. The molecule has 0 aromatic carbocycles. The molecular formula is C11H22N2O. The Bertz CT molecular complexity index is 174. The minimum Gasteiger partial charge on any atom is -0.343 e. The van der Waals surface area contributed by atoms with Crippen molar-refractivity contribution >= 4 is 5.91 Å². The first-order valence-corrected chi connectivity index (χ1v) is 5.71. The van der Waals surface area contributed by atoms with Crippen molar-refractivity contribution in [3.05, 3.63) is 0 Å². The molecule has 0 radical (unpaired) electrons. The van der Waals surface area contributed by atoms with Crippen LogP contribution in [0.15, 0.2) is 0 Å². The van der Waals surface area contributed by atoms with Gasteiger partial charge < -0.3 is 10.2 Å². The fraction of sp³-hybridized carbons (Fsp3) is 0.909. The minimum absolute atomic E-state index is 0.317. The highest BCUT2D eigenvalue weighted by molar-refractivity contribution is 5.76. The molecule has 1 rings (SSSR count). The Morgan fingerprint density at radius 3 is 2.50 bits per heavy atom. The average Bonchev–Trinajstić information content (AvgIpc) is 2.18. The summed E-state index contributed by atoms with van der Waals surface area (Å²) in [5, 5.41) is 3.27. The summed E-state index contributed by atoms with van der Waals surface area (Å²) in [5.74, 6) is 0.317. The molecule has 0 aromatic rings. The number of carbonyl (C=O) groups excluding carboxylic acids is 1. The standard InChI is InChI=1S/C11H22N2O/c1-10(2)12-7-6-11(14)13-8-4-3-5-9-13/h10,12H,3-9H2,1-2H3.